The summed E-state index contributed by atoms with van der Waals surface area (Å²) in [5.74, 6) is -1.25. The van der Waals surface area contributed by atoms with Gasteiger partial charge in [0.1, 0.15) is 0 Å². The largest absolute Gasteiger partial charge is 0.481 e. The number of urea groups is 1. The Hall–Kier alpha value is -1.30. The lowest BCUT2D eigenvalue weighted by Gasteiger charge is -2.22. The molecule has 1 aliphatic heterocycles. The summed E-state index contributed by atoms with van der Waals surface area (Å²) in [6, 6.07) is -0.119. The Labute approximate surface area is 108 Å². The number of carboxylic acid groups (broad SMARTS) is 1. The number of likely N-dealkylation sites (N-methyl/N-ethyl adjacent to an activating group) is 1. The molecule has 0 aromatic carbocycles. The van der Waals surface area contributed by atoms with E-state index in [4.69, 9.17) is 5.11 Å². The normalized spacial score (nSPS) is 25.3. The summed E-state index contributed by atoms with van der Waals surface area (Å²) in [4.78, 5) is 26.5. The Morgan fingerprint density at radius 2 is 2.06 bits per heavy atom. The maximum absolute atomic E-state index is 12.0. The summed E-state index contributed by atoms with van der Waals surface area (Å²) in [6.07, 6.45) is 0. The Kier molecular flexibility index (Phi) is 4.95. The van der Waals surface area contributed by atoms with Crippen LogP contribution in [0.15, 0.2) is 0 Å². The molecule has 1 rings (SSSR count). The molecule has 0 aromatic rings. The summed E-state index contributed by atoms with van der Waals surface area (Å²) in [5.41, 5.74) is 0. The number of carbonyl (C=O) groups is 2. The summed E-state index contributed by atoms with van der Waals surface area (Å²) < 4.78 is 0. The molecule has 0 radical (unpaired) electrons. The standard InChI is InChI=1S/C12H23N3O3/c1-8-5-15(7-10(8)11(16)17)12(18)13-9(2)6-14(3)4/h8-10H,5-7H2,1-4H3,(H,13,18)(H,16,17)/t8-,9?,10-/m1/s1. The lowest BCUT2D eigenvalue weighted by molar-refractivity contribution is -0.142. The van der Waals surface area contributed by atoms with Crippen molar-refractivity contribution in [3.63, 3.8) is 0 Å². The first-order chi connectivity index (χ1) is 8.31. The predicted octanol–water partition coefficient (Wildman–Crippen LogP) is 0.299. The van der Waals surface area contributed by atoms with Crippen LogP contribution in [0.25, 0.3) is 0 Å². The molecule has 0 bridgehead atoms. The number of carbonyl (C=O) groups excluding carboxylic acids is 1. The van der Waals surface area contributed by atoms with Gasteiger partial charge in [-0.1, -0.05) is 6.92 Å². The zero-order valence-corrected chi connectivity index (χ0v) is 11.5. The number of nitrogens with zero attached hydrogens (tertiary/aromatic N) is 2. The smallest absolute Gasteiger partial charge is 0.317 e. The minimum atomic E-state index is -0.820. The van der Waals surface area contributed by atoms with E-state index in [2.05, 4.69) is 5.32 Å². The number of amides is 2. The fourth-order valence-electron chi connectivity index (χ4n) is 2.35. The van der Waals surface area contributed by atoms with Gasteiger partial charge in [-0.05, 0) is 26.9 Å². The second-order valence-corrected chi connectivity index (χ2v) is 5.44. The lowest BCUT2D eigenvalue weighted by Crippen LogP contribution is -2.46. The second-order valence-electron chi connectivity index (χ2n) is 5.44. The van der Waals surface area contributed by atoms with Gasteiger partial charge in [0.15, 0.2) is 0 Å². The Bertz CT molecular complexity index is 320. The van der Waals surface area contributed by atoms with Crippen LogP contribution in [0.4, 0.5) is 4.79 Å². The number of rotatable bonds is 4. The van der Waals surface area contributed by atoms with Crippen LogP contribution in [0.1, 0.15) is 13.8 Å². The Morgan fingerprint density at radius 1 is 1.44 bits per heavy atom. The van der Waals surface area contributed by atoms with E-state index >= 15 is 0 Å². The van der Waals surface area contributed by atoms with Gasteiger partial charge in [-0.2, -0.15) is 0 Å². The maximum atomic E-state index is 12.0. The monoisotopic (exact) mass is 257 g/mol. The Morgan fingerprint density at radius 3 is 2.50 bits per heavy atom. The summed E-state index contributed by atoms with van der Waals surface area (Å²) in [7, 11) is 3.89. The van der Waals surface area contributed by atoms with E-state index in [1.54, 1.807) is 4.90 Å². The number of likely N-dealkylation sites (tertiary alicyclic amines) is 1. The molecule has 104 valence electrons. The van der Waals surface area contributed by atoms with Crippen molar-refractivity contribution in [2.24, 2.45) is 11.8 Å². The molecule has 6 heteroatoms. The first kappa shape index (κ1) is 14.8. The van der Waals surface area contributed by atoms with Crippen molar-refractivity contribution in [3.8, 4) is 0 Å². The highest BCUT2D eigenvalue weighted by Crippen LogP contribution is 2.22. The van der Waals surface area contributed by atoms with Crippen molar-refractivity contribution in [2.45, 2.75) is 19.9 Å². The average molecular weight is 257 g/mol. The van der Waals surface area contributed by atoms with Crippen LogP contribution in [-0.4, -0.2) is 66.7 Å². The van der Waals surface area contributed by atoms with Crippen LogP contribution >= 0.6 is 0 Å². The highest BCUT2D eigenvalue weighted by molar-refractivity contribution is 5.77. The fraction of sp³-hybridized carbons (Fsp3) is 0.833. The molecule has 1 aliphatic rings. The predicted molar refractivity (Wildman–Crippen MR) is 68.4 cm³/mol. The lowest BCUT2D eigenvalue weighted by atomic mass is 9.99. The molecule has 18 heavy (non-hydrogen) atoms. The second kappa shape index (κ2) is 6.04. The van der Waals surface area contributed by atoms with Crippen LogP contribution in [0.5, 0.6) is 0 Å². The van der Waals surface area contributed by atoms with Gasteiger partial charge in [0, 0.05) is 25.7 Å². The first-order valence-corrected chi connectivity index (χ1v) is 6.24. The summed E-state index contributed by atoms with van der Waals surface area (Å²) >= 11 is 0. The molecule has 1 saturated heterocycles. The number of aliphatic carboxylic acids is 1. The topological polar surface area (TPSA) is 72.9 Å². The highest BCUT2D eigenvalue weighted by Gasteiger charge is 2.37. The third kappa shape index (κ3) is 3.87. The van der Waals surface area contributed by atoms with Crippen molar-refractivity contribution in [1.29, 1.82) is 0 Å². The molecule has 0 aliphatic carbocycles. The van der Waals surface area contributed by atoms with Gasteiger partial charge < -0.3 is 20.2 Å². The van der Waals surface area contributed by atoms with Crippen LogP contribution in [0.2, 0.25) is 0 Å². The van der Waals surface area contributed by atoms with Crippen LogP contribution < -0.4 is 5.32 Å². The van der Waals surface area contributed by atoms with Crippen LogP contribution in [0, 0.1) is 11.8 Å². The molecular formula is C12H23N3O3. The van der Waals surface area contributed by atoms with E-state index in [1.165, 1.54) is 0 Å². The van der Waals surface area contributed by atoms with E-state index in [0.29, 0.717) is 13.1 Å². The van der Waals surface area contributed by atoms with Crippen LogP contribution in [0.3, 0.4) is 0 Å². The summed E-state index contributed by atoms with van der Waals surface area (Å²) in [5, 5.41) is 11.9. The highest BCUT2D eigenvalue weighted by atomic mass is 16.4. The zero-order valence-electron chi connectivity index (χ0n) is 11.5. The minimum Gasteiger partial charge on any atom is -0.481 e. The van der Waals surface area contributed by atoms with Crippen molar-refractivity contribution in [3.05, 3.63) is 0 Å². The number of hydrogen-bond acceptors (Lipinski definition) is 3. The van der Waals surface area contributed by atoms with Gasteiger partial charge >= 0.3 is 12.0 Å². The van der Waals surface area contributed by atoms with Gasteiger partial charge in [-0.3, -0.25) is 4.79 Å². The molecule has 1 fully saturated rings. The van der Waals surface area contributed by atoms with E-state index in [-0.39, 0.29) is 18.0 Å². The molecule has 0 spiro atoms. The summed E-state index contributed by atoms with van der Waals surface area (Å²) in [6.45, 7) is 5.38. The van der Waals surface area contributed by atoms with Gasteiger partial charge in [-0.15, -0.1) is 0 Å². The van der Waals surface area contributed by atoms with Crippen LogP contribution in [-0.2, 0) is 4.79 Å². The molecular weight excluding hydrogens is 234 g/mol. The maximum Gasteiger partial charge on any atom is 0.317 e. The Balaban J connectivity index is 2.47. The quantitative estimate of drug-likeness (QED) is 0.759. The van der Waals surface area contributed by atoms with E-state index in [9.17, 15) is 9.59 Å². The molecule has 3 atom stereocenters. The fourth-order valence-corrected chi connectivity index (χ4v) is 2.35. The van der Waals surface area contributed by atoms with Crippen molar-refractivity contribution >= 4 is 12.0 Å². The number of nitrogens with one attached hydrogen (secondary N) is 1. The minimum absolute atomic E-state index is 0.0115. The van der Waals surface area contributed by atoms with E-state index < -0.39 is 11.9 Å². The van der Waals surface area contributed by atoms with Gasteiger partial charge in [0.05, 0.1) is 5.92 Å². The van der Waals surface area contributed by atoms with Gasteiger partial charge in [0.2, 0.25) is 0 Å². The third-order valence-corrected chi connectivity index (χ3v) is 3.23. The average Bonchev–Trinajstić information content (AvgIpc) is 2.58. The third-order valence-electron chi connectivity index (χ3n) is 3.23. The molecule has 0 aromatic heterocycles. The van der Waals surface area contributed by atoms with Crippen molar-refractivity contribution in [2.75, 3.05) is 33.7 Å². The van der Waals surface area contributed by atoms with Gasteiger partial charge in [-0.25, -0.2) is 4.79 Å². The van der Waals surface area contributed by atoms with Crippen molar-refractivity contribution < 1.29 is 14.7 Å². The van der Waals surface area contributed by atoms with E-state index in [0.717, 1.165) is 6.54 Å². The molecule has 2 N–H and O–H groups in total. The molecule has 1 heterocycles. The first-order valence-electron chi connectivity index (χ1n) is 6.24. The van der Waals surface area contributed by atoms with E-state index in [1.807, 2.05) is 32.8 Å². The zero-order chi connectivity index (χ0) is 13.9. The van der Waals surface area contributed by atoms with Gasteiger partial charge in [0.25, 0.3) is 0 Å². The number of hydrogen-bond donors (Lipinski definition) is 2. The van der Waals surface area contributed by atoms with Crippen molar-refractivity contribution in [1.82, 2.24) is 15.1 Å². The number of carboxylic acids is 1. The molecule has 0 saturated carbocycles. The molecule has 6 nitrogen and oxygen atoms in total. The SMILES string of the molecule is CC(CN(C)C)NC(=O)N1C[C@@H](C)[C@H](C(=O)O)C1. The molecule has 1 unspecified atom stereocenters. The molecule has 2 amide bonds.